The van der Waals surface area contributed by atoms with E-state index in [0.29, 0.717) is 12.1 Å². The third kappa shape index (κ3) is 1.69. The number of nitrogens with one attached hydrogen (secondary N) is 2. The van der Waals surface area contributed by atoms with Crippen molar-refractivity contribution in [2.45, 2.75) is 12.1 Å². The largest absolute Gasteiger partial charge is 0.313 e. The Bertz CT molecular complexity index is 117. The molecule has 0 spiro atoms. The summed E-state index contributed by atoms with van der Waals surface area (Å²) in [4.78, 5) is 0. The van der Waals surface area contributed by atoms with E-state index in [4.69, 9.17) is 0 Å². The molecule has 0 radical (unpaired) electrons. The van der Waals surface area contributed by atoms with Gasteiger partial charge in [-0.1, -0.05) is 12.2 Å². The highest BCUT2D eigenvalue weighted by atomic mass is 15.1. The molecule has 1 heterocycles. The van der Waals surface area contributed by atoms with Gasteiger partial charge in [-0.05, 0) is 0 Å². The van der Waals surface area contributed by atoms with Crippen molar-refractivity contribution in [1.82, 2.24) is 10.6 Å². The summed E-state index contributed by atoms with van der Waals surface area (Å²) < 4.78 is 0. The first-order chi connectivity index (χ1) is 4.86. The van der Waals surface area contributed by atoms with Gasteiger partial charge < -0.3 is 10.6 Å². The molecule has 1 saturated heterocycles. The summed E-state index contributed by atoms with van der Waals surface area (Å²) in [5.74, 6) is 0. The molecule has 10 heavy (non-hydrogen) atoms. The minimum absolute atomic E-state index is 0.400. The van der Waals surface area contributed by atoms with Crippen LogP contribution in [0.3, 0.4) is 0 Å². The molecule has 2 nitrogen and oxygen atoms in total. The number of hydrogen-bond acceptors (Lipinski definition) is 2. The molecule has 0 saturated carbocycles. The van der Waals surface area contributed by atoms with E-state index in [2.05, 4.69) is 23.8 Å². The van der Waals surface area contributed by atoms with Crippen LogP contribution in [0.25, 0.3) is 0 Å². The van der Waals surface area contributed by atoms with E-state index in [0.717, 1.165) is 13.1 Å². The van der Waals surface area contributed by atoms with Crippen LogP contribution in [0.15, 0.2) is 25.3 Å². The summed E-state index contributed by atoms with van der Waals surface area (Å²) in [6, 6.07) is 0.800. The van der Waals surface area contributed by atoms with E-state index in [1.165, 1.54) is 0 Å². The molecule has 0 aromatic heterocycles. The Balaban J connectivity index is 2.38. The number of rotatable bonds is 2. The maximum Gasteiger partial charge on any atom is 0.0378 e. The van der Waals surface area contributed by atoms with Gasteiger partial charge >= 0.3 is 0 Å². The molecular weight excluding hydrogens is 124 g/mol. The smallest absolute Gasteiger partial charge is 0.0378 e. The summed E-state index contributed by atoms with van der Waals surface area (Å²) >= 11 is 0. The second-order valence-corrected chi connectivity index (χ2v) is 2.51. The van der Waals surface area contributed by atoms with Crippen LogP contribution in [-0.4, -0.2) is 25.2 Å². The molecule has 1 rings (SSSR count). The maximum absolute atomic E-state index is 3.72. The van der Waals surface area contributed by atoms with Crippen molar-refractivity contribution in [3.05, 3.63) is 25.3 Å². The topological polar surface area (TPSA) is 24.1 Å². The van der Waals surface area contributed by atoms with Crippen molar-refractivity contribution >= 4 is 0 Å². The Morgan fingerprint density at radius 1 is 1.10 bits per heavy atom. The van der Waals surface area contributed by atoms with Crippen LogP contribution in [0.1, 0.15) is 0 Å². The SMILES string of the molecule is C=CC1CNCC(C=C)N1. The van der Waals surface area contributed by atoms with Crippen LogP contribution in [-0.2, 0) is 0 Å². The first-order valence-electron chi connectivity index (χ1n) is 3.58. The van der Waals surface area contributed by atoms with Crippen LogP contribution in [0, 0.1) is 0 Å². The monoisotopic (exact) mass is 138 g/mol. The molecule has 2 heteroatoms. The van der Waals surface area contributed by atoms with Gasteiger partial charge in [0.2, 0.25) is 0 Å². The highest BCUT2D eigenvalue weighted by Crippen LogP contribution is 1.94. The first-order valence-corrected chi connectivity index (χ1v) is 3.58. The molecule has 1 fully saturated rings. The van der Waals surface area contributed by atoms with Gasteiger partial charge in [0.1, 0.15) is 0 Å². The van der Waals surface area contributed by atoms with Crippen molar-refractivity contribution in [3.8, 4) is 0 Å². The molecule has 2 atom stereocenters. The Kier molecular flexibility index (Phi) is 2.66. The highest BCUT2D eigenvalue weighted by Gasteiger charge is 2.14. The van der Waals surface area contributed by atoms with Crippen molar-refractivity contribution < 1.29 is 0 Å². The van der Waals surface area contributed by atoms with E-state index in [1.54, 1.807) is 0 Å². The van der Waals surface area contributed by atoms with Gasteiger partial charge in [-0.3, -0.25) is 0 Å². The van der Waals surface area contributed by atoms with Crippen LogP contribution in [0.2, 0.25) is 0 Å². The van der Waals surface area contributed by atoms with Gasteiger partial charge in [0.05, 0.1) is 0 Å². The normalized spacial score (nSPS) is 33.2. The van der Waals surface area contributed by atoms with Crippen molar-refractivity contribution in [3.63, 3.8) is 0 Å². The van der Waals surface area contributed by atoms with Gasteiger partial charge in [-0.2, -0.15) is 0 Å². The average molecular weight is 138 g/mol. The van der Waals surface area contributed by atoms with Crippen LogP contribution >= 0.6 is 0 Å². The Hall–Kier alpha value is -0.600. The van der Waals surface area contributed by atoms with Crippen molar-refractivity contribution in [2.75, 3.05) is 13.1 Å². The molecule has 2 unspecified atom stereocenters. The van der Waals surface area contributed by atoms with Gasteiger partial charge in [-0.15, -0.1) is 13.2 Å². The van der Waals surface area contributed by atoms with Gasteiger partial charge in [0.15, 0.2) is 0 Å². The summed E-state index contributed by atoms with van der Waals surface area (Å²) in [6.45, 7) is 9.39. The molecule has 1 aliphatic rings. The lowest BCUT2D eigenvalue weighted by Gasteiger charge is -2.27. The molecule has 0 aromatic carbocycles. The van der Waals surface area contributed by atoms with Gasteiger partial charge in [-0.25, -0.2) is 0 Å². The summed E-state index contributed by atoms with van der Waals surface area (Å²) in [7, 11) is 0. The highest BCUT2D eigenvalue weighted by molar-refractivity contribution is 4.99. The van der Waals surface area contributed by atoms with E-state index in [9.17, 15) is 0 Å². The lowest BCUT2D eigenvalue weighted by Crippen LogP contribution is -2.52. The number of hydrogen-bond donors (Lipinski definition) is 2. The predicted octanol–water partition coefficient (Wildman–Crippen LogP) is 0.288. The third-order valence-electron chi connectivity index (χ3n) is 1.73. The zero-order valence-electron chi connectivity index (χ0n) is 6.14. The lowest BCUT2D eigenvalue weighted by atomic mass is 10.1. The Morgan fingerprint density at radius 3 is 2.00 bits per heavy atom. The predicted molar refractivity (Wildman–Crippen MR) is 44.0 cm³/mol. The van der Waals surface area contributed by atoms with E-state index in [-0.39, 0.29) is 0 Å². The fourth-order valence-corrected chi connectivity index (χ4v) is 1.09. The zero-order chi connectivity index (χ0) is 7.40. The molecular formula is C8H14N2. The van der Waals surface area contributed by atoms with Gasteiger partial charge in [0, 0.05) is 25.2 Å². The van der Waals surface area contributed by atoms with E-state index < -0.39 is 0 Å². The minimum Gasteiger partial charge on any atom is -0.313 e. The van der Waals surface area contributed by atoms with Crippen molar-refractivity contribution in [1.29, 1.82) is 0 Å². The zero-order valence-corrected chi connectivity index (χ0v) is 6.14. The molecule has 0 bridgehead atoms. The van der Waals surface area contributed by atoms with Crippen LogP contribution in [0.5, 0.6) is 0 Å². The van der Waals surface area contributed by atoms with Crippen LogP contribution < -0.4 is 10.6 Å². The average Bonchev–Trinajstić information content (AvgIpc) is 2.05. The minimum atomic E-state index is 0.400. The molecule has 2 N–H and O–H groups in total. The molecule has 1 aliphatic heterocycles. The Labute approximate surface area is 62.0 Å². The maximum atomic E-state index is 3.72. The van der Waals surface area contributed by atoms with Crippen molar-refractivity contribution in [2.24, 2.45) is 0 Å². The quantitative estimate of drug-likeness (QED) is 0.536. The second-order valence-electron chi connectivity index (χ2n) is 2.51. The van der Waals surface area contributed by atoms with Crippen LogP contribution in [0.4, 0.5) is 0 Å². The second kappa shape index (κ2) is 3.54. The third-order valence-corrected chi connectivity index (χ3v) is 1.73. The summed E-state index contributed by atoms with van der Waals surface area (Å²) in [6.07, 6.45) is 3.84. The van der Waals surface area contributed by atoms with E-state index >= 15 is 0 Å². The molecule has 0 aliphatic carbocycles. The molecule has 56 valence electrons. The summed E-state index contributed by atoms with van der Waals surface area (Å²) in [5.41, 5.74) is 0. The lowest BCUT2D eigenvalue weighted by molar-refractivity contribution is 0.418. The fourth-order valence-electron chi connectivity index (χ4n) is 1.09. The Morgan fingerprint density at radius 2 is 1.60 bits per heavy atom. The summed E-state index contributed by atoms with van der Waals surface area (Å²) in [5, 5.41) is 6.64. The first kappa shape index (κ1) is 7.51. The standard InChI is InChI=1S/C8H14N2/c1-3-7-5-9-6-8(4-2)10-7/h3-4,7-10H,1-2,5-6H2. The van der Waals surface area contributed by atoms with Gasteiger partial charge in [0.25, 0.3) is 0 Å². The molecule has 0 aromatic rings. The van der Waals surface area contributed by atoms with E-state index in [1.807, 2.05) is 12.2 Å². The molecule has 0 amide bonds. The number of piperazine rings is 1. The fraction of sp³-hybridized carbons (Fsp3) is 0.500.